The number of rotatable bonds is 7. The molecular weight excluding hydrogens is 348 g/mol. The summed E-state index contributed by atoms with van der Waals surface area (Å²) in [4.78, 5) is 12.7. The second kappa shape index (κ2) is 8.89. The van der Waals surface area contributed by atoms with E-state index in [2.05, 4.69) is 24.3 Å². The molecule has 0 saturated heterocycles. The summed E-state index contributed by atoms with van der Waals surface area (Å²) in [5, 5.41) is 0.777. The van der Waals surface area contributed by atoms with E-state index in [0.717, 1.165) is 5.75 Å². The summed E-state index contributed by atoms with van der Waals surface area (Å²) in [5.74, 6) is 1.03. The zero-order chi connectivity index (χ0) is 17.5. The highest BCUT2D eigenvalue weighted by molar-refractivity contribution is 7.98. The summed E-state index contributed by atoms with van der Waals surface area (Å²) in [7, 11) is 0. The van der Waals surface area contributed by atoms with Gasteiger partial charge < -0.3 is 0 Å². The summed E-state index contributed by atoms with van der Waals surface area (Å²) in [5.41, 5.74) is 3.17. The van der Waals surface area contributed by atoms with E-state index in [1.165, 1.54) is 11.1 Å². The average molecular weight is 367 g/mol. The largest absolute Gasteiger partial charge is 0.294 e. The Balaban J connectivity index is 1.74. The monoisotopic (exact) mass is 366 g/mol. The van der Waals surface area contributed by atoms with Gasteiger partial charge in [-0.05, 0) is 35.4 Å². The molecular formula is C22H19ClOS. The van der Waals surface area contributed by atoms with Crippen molar-refractivity contribution in [2.24, 2.45) is 0 Å². The van der Waals surface area contributed by atoms with E-state index in [9.17, 15) is 4.79 Å². The molecule has 0 radical (unpaired) electrons. The number of carbonyl (C=O) groups excluding carboxylic acids is 1. The molecule has 0 spiro atoms. The first kappa shape index (κ1) is 17.8. The number of benzene rings is 3. The van der Waals surface area contributed by atoms with Gasteiger partial charge in [0.25, 0.3) is 0 Å². The fourth-order valence-corrected chi connectivity index (χ4v) is 3.96. The molecule has 1 atom stereocenters. The molecule has 0 amide bonds. The highest BCUT2D eigenvalue weighted by Crippen LogP contribution is 2.35. The first-order valence-electron chi connectivity index (χ1n) is 8.21. The molecule has 0 aliphatic rings. The van der Waals surface area contributed by atoms with Crippen molar-refractivity contribution in [3.05, 3.63) is 107 Å². The maximum Gasteiger partial charge on any atom is 0.164 e. The van der Waals surface area contributed by atoms with Gasteiger partial charge in [-0.1, -0.05) is 72.3 Å². The summed E-state index contributed by atoms with van der Waals surface area (Å²) in [6.45, 7) is 0. The van der Waals surface area contributed by atoms with Gasteiger partial charge in [0.05, 0.1) is 0 Å². The molecule has 0 aromatic heterocycles. The Labute approximate surface area is 158 Å². The Morgan fingerprint density at radius 1 is 0.840 bits per heavy atom. The molecule has 126 valence electrons. The number of Topliss-reactive ketones (excluding diaryl/α,β-unsaturated/α-hetero) is 1. The third-order valence-electron chi connectivity index (χ3n) is 4.00. The molecule has 0 bridgehead atoms. The van der Waals surface area contributed by atoms with Gasteiger partial charge in [-0.15, -0.1) is 11.8 Å². The van der Waals surface area contributed by atoms with Gasteiger partial charge in [-0.25, -0.2) is 0 Å². The highest BCUT2D eigenvalue weighted by Gasteiger charge is 2.18. The standard InChI is InChI=1S/C22H19ClOS/c23-20-13-11-18(12-14-20)21(24)15-22(19-9-5-2-6-10-19)25-16-17-7-3-1-4-8-17/h1-14,22H,15-16H2. The van der Waals surface area contributed by atoms with E-state index < -0.39 is 0 Å². The van der Waals surface area contributed by atoms with Crippen molar-refractivity contribution in [3.8, 4) is 0 Å². The molecule has 3 rings (SSSR count). The van der Waals surface area contributed by atoms with Gasteiger partial charge in [0.15, 0.2) is 5.78 Å². The van der Waals surface area contributed by atoms with Crippen molar-refractivity contribution < 1.29 is 4.79 Å². The fourth-order valence-electron chi connectivity index (χ4n) is 2.63. The second-order valence-corrected chi connectivity index (χ2v) is 7.46. The van der Waals surface area contributed by atoms with Gasteiger partial charge in [0.2, 0.25) is 0 Å². The lowest BCUT2D eigenvalue weighted by Gasteiger charge is -2.17. The van der Waals surface area contributed by atoms with E-state index >= 15 is 0 Å². The average Bonchev–Trinajstić information content (AvgIpc) is 2.67. The van der Waals surface area contributed by atoms with Crippen LogP contribution in [-0.2, 0) is 5.75 Å². The number of carbonyl (C=O) groups is 1. The molecule has 0 N–H and O–H groups in total. The maximum atomic E-state index is 12.7. The molecule has 1 nitrogen and oxygen atoms in total. The third kappa shape index (κ3) is 5.22. The lowest BCUT2D eigenvalue weighted by Crippen LogP contribution is -2.05. The Kier molecular flexibility index (Phi) is 6.32. The van der Waals surface area contributed by atoms with Gasteiger partial charge in [-0.2, -0.15) is 0 Å². The minimum Gasteiger partial charge on any atom is -0.294 e. The molecule has 3 aromatic carbocycles. The number of thioether (sulfide) groups is 1. The van der Waals surface area contributed by atoms with E-state index in [0.29, 0.717) is 17.0 Å². The van der Waals surface area contributed by atoms with Gasteiger partial charge in [0, 0.05) is 28.0 Å². The van der Waals surface area contributed by atoms with Crippen LogP contribution in [0.1, 0.15) is 33.2 Å². The summed E-state index contributed by atoms with van der Waals surface area (Å²) >= 11 is 7.73. The van der Waals surface area contributed by atoms with Crippen LogP contribution in [0.2, 0.25) is 5.02 Å². The van der Waals surface area contributed by atoms with Crippen LogP contribution in [0, 0.1) is 0 Å². The van der Waals surface area contributed by atoms with E-state index in [1.54, 1.807) is 36.0 Å². The lowest BCUT2D eigenvalue weighted by molar-refractivity contribution is 0.0982. The van der Waals surface area contributed by atoms with Crippen LogP contribution in [0.4, 0.5) is 0 Å². The van der Waals surface area contributed by atoms with Crippen LogP contribution in [-0.4, -0.2) is 5.78 Å². The first-order chi connectivity index (χ1) is 12.2. The first-order valence-corrected chi connectivity index (χ1v) is 9.64. The van der Waals surface area contributed by atoms with Crippen molar-refractivity contribution in [3.63, 3.8) is 0 Å². The fraction of sp³-hybridized carbons (Fsp3) is 0.136. The Hall–Kier alpha value is -2.03. The normalized spacial score (nSPS) is 11.9. The van der Waals surface area contributed by atoms with Crippen molar-refractivity contribution in [1.29, 1.82) is 0 Å². The molecule has 0 aliphatic carbocycles. The summed E-state index contributed by atoms with van der Waals surface area (Å²) < 4.78 is 0. The third-order valence-corrected chi connectivity index (χ3v) is 5.60. The van der Waals surface area contributed by atoms with Crippen molar-refractivity contribution in [2.75, 3.05) is 0 Å². The topological polar surface area (TPSA) is 17.1 Å². The molecule has 25 heavy (non-hydrogen) atoms. The second-order valence-electron chi connectivity index (χ2n) is 5.83. The van der Waals surface area contributed by atoms with Crippen molar-refractivity contribution >= 4 is 29.1 Å². The Morgan fingerprint density at radius 2 is 1.44 bits per heavy atom. The number of ketones is 1. The van der Waals surface area contributed by atoms with Crippen LogP contribution in [0.5, 0.6) is 0 Å². The number of hydrogen-bond acceptors (Lipinski definition) is 2. The zero-order valence-electron chi connectivity index (χ0n) is 13.8. The molecule has 1 unspecified atom stereocenters. The van der Waals surface area contributed by atoms with Crippen LogP contribution < -0.4 is 0 Å². The molecule has 0 aliphatic heterocycles. The maximum absolute atomic E-state index is 12.7. The van der Waals surface area contributed by atoms with Crippen LogP contribution in [0.25, 0.3) is 0 Å². The number of hydrogen-bond donors (Lipinski definition) is 0. The van der Waals surface area contributed by atoms with Gasteiger partial charge in [0.1, 0.15) is 0 Å². The molecule has 0 heterocycles. The minimum atomic E-state index is 0.129. The predicted molar refractivity (Wildman–Crippen MR) is 107 cm³/mol. The highest BCUT2D eigenvalue weighted by atomic mass is 35.5. The molecule has 0 saturated carbocycles. The Morgan fingerprint density at radius 3 is 2.08 bits per heavy atom. The summed E-state index contributed by atoms with van der Waals surface area (Å²) in [6, 6.07) is 27.7. The SMILES string of the molecule is O=C(CC(SCc1ccccc1)c1ccccc1)c1ccc(Cl)cc1. The van der Waals surface area contributed by atoms with Crippen LogP contribution in [0.3, 0.4) is 0 Å². The predicted octanol–water partition coefficient (Wildman–Crippen LogP) is 6.59. The van der Waals surface area contributed by atoms with E-state index in [-0.39, 0.29) is 11.0 Å². The zero-order valence-corrected chi connectivity index (χ0v) is 15.3. The smallest absolute Gasteiger partial charge is 0.164 e. The molecule has 3 aromatic rings. The van der Waals surface area contributed by atoms with E-state index in [4.69, 9.17) is 11.6 Å². The lowest BCUT2D eigenvalue weighted by atomic mass is 10.0. The number of halogens is 1. The summed E-state index contributed by atoms with van der Waals surface area (Å²) in [6.07, 6.45) is 0.475. The van der Waals surface area contributed by atoms with Crippen LogP contribution in [0.15, 0.2) is 84.9 Å². The van der Waals surface area contributed by atoms with Gasteiger partial charge in [-0.3, -0.25) is 4.79 Å². The Bertz CT molecular complexity index is 800. The van der Waals surface area contributed by atoms with Gasteiger partial charge >= 0.3 is 0 Å². The minimum absolute atomic E-state index is 0.129. The van der Waals surface area contributed by atoms with Crippen LogP contribution >= 0.6 is 23.4 Å². The molecule has 0 fully saturated rings. The van der Waals surface area contributed by atoms with E-state index in [1.807, 2.05) is 36.4 Å². The van der Waals surface area contributed by atoms with Crippen molar-refractivity contribution in [1.82, 2.24) is 0 Å². The molecule has 3 heteroatoms. The van der Waals surface area contributed by atoms with Crippen molar-refractivity contribution in [2.45, 2.75) is 17.4 Å². The quantitative estimate of drug-likeness (QED) is 0.439.